The molecule has 1 heterocycles. The molecular weight excluding hydrogens is 266 g/mol. The maximum atomic E-state index is 12.0. The van der Waals surface area contributed by atoms with Gasteiger partial charge in [-0.2, -0.15) is 0 Å². The van der Waals surface area contributed by atoms with Gasteiger partial charge in [-0.1, -0.05) is 20.8 Å². The Labute approximate surface area is 129 Å². The van der Waals surface area contributed by atoms with Crippen molar-refractivity contribution >= 4 is 6.03 Å². The SMILES string of the molecule is CCN1CCC(NC(=O)NCC(CC)(CC)CCO)CC1. The van der Waals surface area contributed by atoms with Crippen LogP contribution in [0.1, 0.15) is 52.9 Å². The molecule has 0 unspecified atom stereocenters. The van der Waals surface area contributed by atoms with E-state index in [-0.39, 0.29) is 18.1 Å². The summed E-state index contributed by atoms with van der Waals surface area (Å²) in [6.07, 6.45) is 4.75. The zero-order chi connectivity index (χ0) is 15.7. The van der Waals surface area contributed by atoms with Crippen LogP contribution in [0.25, 0.3) is 0 Å². The first kappa shape index (κ1) is 18.2. The maximum Gasteiger partial charge on any atom is 0.315 e. The molecule has 3 N–H and O–H groups in total. The van der Waals surface area contributed by atoms with E-state index in [1.807, 2.05) is 0 Å². The predicted molar refractivity (Wildman–Crippen MR) is 86.4 cm³/mol. The first-order chi connectivity index (χ1) is 10.1. The summed E-state index contributed by atoms with van der Waals surface area (Å²) in [5, 5.41) is 15.3. The first-order valence-electron chi connectivity index (χ1n) is 8.46. The third kappa shape index (κ3) is 5.83. The molecule has 0 bridgehead atoms. The van der Waals surface area contributed by atoms with E-state index >= 15 is 0 Å². The average Bonchev–Trinajstić information content (AvgIpc) is 2.52. The lowest BCUT2D eigenvalue weighted by atomic mass is 9.79. The van der Waals surface area contributed by atoms with Crippen molar-refractivity contribution in [3.05, 3.63) is 0 Å². The molecule has 124 valence electrons. The number of hydrogen-bond acceptors (Lipinski definition) is 3. The summed E-state index contributed by atoms with van der Waals surface area (Å²) < 4.78 is 0. The van der Waals surface area contributed by atoms with Gasteiger partial charge in [-0.3, -0.25) is 0 Å². The molecule has 1 rings (SSSR count). The molecule has 1 aliphatic heterocycles. The fourth-order valence-electron chi connectivity index (χ4n) is 3.08. The number of carbonyl (C=O) groups excluding carboxylic acids is 1. The van der Waals surface area contributed by atoms with Gasteiger partial charge in [-0.25, -0.2) is 4.79 Å². The quantitative estimate of drug-likeness (QED) is 0.642. The van der Waals surface area contributed by atoms with Crippen LogP contribution >= 0.6 is 0 Å². The molecule has 2 amide bonds. The van der Waals surface area contributed by atoms with Crippen molar-refractivity contribution in [3.63, 3.8) is 0 Å². The van der Waals surface area contributed by atoms with Gasteiger partial charge in [0.15, 0.2) is 0 Å². The molecule has 0 aromatic carbocycles. The fourth-order valence-corrected chi connectivity index (χ4v) is 3.08. The number of aliphatic hydroxyl groups is 1. The summed E-state index contributed by atoms with van der Waals surface area (Å²) in [4.78, 5) is 14.5. The molecule has 5 heteroatoms. The Morgan fingerprint density at radius 2 is 1.86 bits per heavy atom. The first-order valence-corrected chi connectivity index (χ1v) is 8.46. The Hall–Kier alpha value is -0.810. The van der Waals surface area contributed by atoms with E-state index < -0.39 is 0 Å². The van der Waals surface area contributed by atoms with Crippen LogP contribution in [0.3, 0.4) is 0 Å². The zero-order valence-corrected chi connectivity index (χ0v) is 14.0. The Kier molecular flexibility index (Phi) is 8.04. The lowest BCUT2D eigenvalue weighted by Crippen LogP contribution is -2.49. The van der Waals surface area contributed by atoms with E-state index in [9.17, 15) is 9.90 Å². The summed E-state index contributed by atoms with van der Waals surface area (Å²) in [5.74, 6) is 0. The molecule has 0 aromatic heterocycles. The van der Waals surface area contributed by atoms with Crippen LogP contribution < -0.4 is 10.6 Å². The summed E-state index contributed by atoms with van der Waals surface area (Å²) in [7, 11) is 0. The number of amides is 2. The van der Waals surface area contributed by atoms with Gasteiger partial charge in [0.1, 0.15) is 0 Å². The number of rotatable bonds is 8. The molecule has 21 heavy (non-hydrogen) atoms. The molecule has 0 atom stereocenters. The van der Waals surface area contributed by atoms with Gasteiger partial charge < -0.3 is 20.6 Å². The molecule has 0 saturated carbocycles. The lowest BCUT2D eigenvalue weighted by Gasteiger charge is -2.33. The van der Waals surface area contributed by atoms with Crippen molar-refractivity contribution < 1.29 is 9.90 Å². The van der Waals surface area contributed by atoms with Crippen molar-refractivity contribution in [1.82, 2.24) is 15.5 Å². The minimum absolute atomic E-state index is 0.0255. The van der Waals surface area contributed by atoms with Gasteiger partial charge in [0.25, 0.3) is 0 Å². The van der Waals surface area contributed by atoms with Crippen LogP contribution in [0.5, 0.6) is 0 Å². The smallest absolute Gasteiger partial charge is 0.315 e. The highest BCUT2D eigenvalue weighted by Gasteiger charge is 2.26. The molecule has 1 saturated heterocycles. The van der Waals surface area contributed by atoms with Gasteiger partial charge in [-0.05, 0) is 44.1 Å². The van der Waals surface area contributed by atoms with Crippen LogP contribution in [0.2, 0.25) is 0 Å². The molecule has 0 radical (unpaired) electrons. The summed E-state index contributed by atoms with van der Waals surface area (Å²) in [6, 6.07) is 0.234. The van der Waals surface area contributed by atoms with Crippen molar-refractivity contribution in [2.45, 2.75) is 58.9 Å². The standard InChI is InChI=1S/C16H33N3O2/c1-4-16(5-2,9-12-20)13-17-15(21)18-14-7-10-19(6-3)11-8-14/h14,20H,4-13H2,1-3H3,(H2,17,18,21). The van der Waals surface area contributed by atoms with Gasteiger partial charge in [0.2, 0.25) is 0 Å². The van der Waals surface area contributed by atoms with Crippen LogP contribution in [0, 0.1) is 5.41 Å². The minimum atomic E-state index is -0.0610. The average molecular weight is 299 g/mol. The number of likely N-dealkylation sites (tertiary alicyclic amines) is 1. The van der Waals surface area contributed by atoms with Gasteiger partial charge in [0.05, 0.1) is 0 Å². The van der Waals surface area contributed by atoms with Crippen molar-refractivity contribution in [2.75, 3.05) is 32.8 Å². The van der Waals surface area contributed by atoms with Crippen LogP contribution in [-0.2, 0) is 0 Å². The second-order valence-electron chi connectivity index (χ2n) is 6.22. The largest absolute Gasteiger partial charge is 0.396 e. The minimum Gasteiger partial charge on any atom is -0.396 e. The number of nitrogens with zero attached hydrogens (tertiary/aromatic N) is 1. The topological polar surface area (TPSA) is 64.6 Å². The molecule has 0 aromatic rings. The molecule has 1 aliphatic rings. The Morgan fingerprint density at radius 3 is 2.33 bits per heavy atom. The van der Waals surface area contributed by atoms with Gasteiger partial charge in [0, 0.05) is 32.3 Å². The van der Waals surface area contributed by atoms with Gasteiger partial charge >= 0.3 is 6.03 Å². The third-order valence-electron chi connectivity index (χ3n) is 5.14. The van der Waals surface area contributed by atoms with E-state index in [0.29, 0.717) is 12.6 Å². The Bertz CT molecular complexity index is 298. The lowest BCUT2D eigenvalue weighted by molar-refractivity contribution is 0.160. The van der Waals surface area contributed by atoms with E-state index in [2.05, 4.69) is 36.3 Å². The molecule has 5 nitrogen and oxygen atoms in total. The van der Waals surface area contributed by atoms with E-state index in [4.69, 9.17) is 0 Å². The third-order valence-corrected chi connectivity index (χ3v) is 5.14. The number of nitrogens with one attached hydrogen (secondary N) is 2. The zero-order valence-electron chi connectivity index (χ0n) is 14.0. The summed E-state index contributed by atoms with van der Waals surface area (Å²) in [6.45, 7) is 10.5. The molecule has 1 fully saturated rings. The number of carbonyl (C=O) groups is 1. The second kappa shape index (κ2) is 9.26. The van der Waals surface area contributed by atoms with Gasteiger partial charge in [-0.15, -0.1) is 0 Å². The number of aliphatic hydroxyl groups excluding tert-OH is 1. The van der Waals surface area contributed by atoms with E-state index in [1.54, 1.807) is 0 Å². The summed E-state index contributed by atoms with van der Waals surface area (Å²) in [5.41, 5.74) is 0.0255. The predicted octanol–water partition coefficient (Wildman–Crippen LogP) is 1.96. The van der Waals surface area contributed by atoms with Crippen molar-refractivity contribution in [3.8, 4) is 0 Å². The molecule has 0 aliphatic carbocycles. The highest BCUT2D eigenvalue weighted by Crippen LogP contribution is 2.29. The normalized spacial score (nSPS) is 17.7. The van der Waals surface area contributed by atoms with E-state index in [0.717, 1.165) is 51.7 Å². The molecular formula is C16H33N3O2. The number of urea groups is 1. The Balaban J connectivity index is 2.33. The number of piperidine rings is 1. The van der Waals surface area contributed by atoms with Crippen molar-refractivity contribution in [1.29, 1.82) is 0 Å². The van der Waals surface area contributed by atoms with E-state index in [1.165, 1.54) is 0 Å². The number of hydrogen-bond donors (Lipinski definition) is 3. The molecule has 0 spiro atoms. The van der Waals surface area contributed by atoms with Crippen LogP contribution in [0.4, 0.5) is 4.79 Å². The monoisotopic (exact) mass is 299 g/mol. The van der Waals surface area contributed by atoms with Crippen LogP contribution in [0.15, 0.2) is 0 Å². The fraction of sp³-hybridized carbons (Fsp3) is 0.938. The van der Waals surface area contributed by atoms with Crippen LogP contribution in [-0.4, -0.2) is 54.9 Å². The maximum absolute atomic E-state index is 12.0. The second-order valence-corrected chi connectivity index (χ2v) is 6.22. The highest BCUT2D eigenvalue weighted by molar-refractivity contribution is 5.74. The van der Waals surface area contributed by atoms with Crippen molar-refractivity contribution in [2.24, 2.45) is 5.41 Å². The Morgan fingerprint density at radius 1 is 1.24 bits per heavy atom. The highest BCUT2D eigenvalue weighted by atomic mass is 16.3. The summed E-state index contributed by atoms with van der Waals surface area (Å²) >= 11 is 0.